The van der Waals surface area contributed by atoms with Crippen LogP contribution in [0.4, 0.5) is 5.69 Å². The summed E-state index contributed by atoms with van der Waals surface area (Å²) in [5.41, 5.74) is 5.92. The molecule has 0 atom stereocenters. The Kier molecular flexibility index (Phi) is 5.52. The predicted molar refractivity (Wildman–Crippen MR) is 86.8 cm³/mol. The van der Waals surface area contributed by atoms with Gasteiger partial charge in [0.1, 0.15) is 4.90 Å². The van der Waals surface area contributed by atoms with E-state index in [2.05, 4.69) is 11.6 Å². The van der Waals surface area contributed by atoms with Gasteiger partial charge in [-0.25, -0.2) is 13.1 Å². The topological polar surface area (TPSA) is 72.2 Å². The minimum atomic E-state index is -3.64. The van der Waals surface area contributed by atoms with Gasteiger partial charge in [0.05, 0.1) is 10.7 Å². The fourth-order valence-electron chi connectivity index (χ4n) is 2.90. The van der Waals surface area contributed by atoms with Crippen LogP contribution in [0.25, 0.3) is 0 Å². The Morgan fingerprint density at radius 1 is 1.29 bits per heavy atom. The molecule has 1 aliphatic carbocycles. The molecule has 0 unspecified atom stereocenters. The van der Waals surface area contributed by atoms with Gasteiger partial charge < -0.3 is 5.73 Å². The summed E-state index contributed by atoms with van der Waals surface area (Å²) in [4.78, 5) is -0.0102. The van der Waals surface area contributed by atoms with Gasteiger partial charge in [0.15, 0.2) is 0 Å². The maximum atomic E-state index is 12.3. The normalized spacial score (nSPS) is 23.1. The van der Waals surface area contributed by atoms with Crippen LogP contribution in [0.1, 0.15) is 39.0 Å². The van der Waals surface area contributed by atoms with Crippen LogP contribution in [0.15, 0.2) is 23.1 Å². The highest BCUT2D eigenvalue weighted by Gasteiger charge is 2.22. The fraction of sp³-hybridized carbons (Fsp3) is 0.600. The van der Waals surface area contributed by atoms with Crippen LogP contribution in [0, 0.1) is 11.8 Å². The number of sulfonamides is 1. The molecule has 4 nitrogen and oxygen atoms in total. The van der Waals surface area contributed by atoms with Crippen molar-refractivity contribution in [2.45, 2.75) is 43.9 Å². The average Bonchev–Trinajstić information content (AvgIpc) is 2.40. The molecule has 0 aromatic heterocycles. The molecule has 118 valence electrons. The largest absolute Gasteiger partial charge is 0.398 e. The van der Waals surface area contributed by atoms with E-state index in [9.17, 15) is 8.42 Å². The number of benzene rings is 1. The van der Waals surface area contributed by atoms with Gasteiger partial charge in [0.25, 0.3) is 0 Å². The highest BCUT2D eigenvalue weighted by Crippen LogP contribution is 2.30. The second-order valence-corrected chi connectivity index (χ2v) is 8.08. The Bertz CT molecular complexity index is 561. The van der Waals surface area contributed by atoms with E-state index in [1.807, 2.05) is 0 Å². The number of nitrogens with one attached hydrogen (secondary N) is 1. The number of nitrogen functional groups attached to an aromatic ring is 1. The SMILES string of the molecule is CC1CCC(CCNS(=O)(=O)c2c(N)cccc2Cl)CC1. The average molecular weight is 331 g/mol. The molecule has 1 fully saturated rings. The van der Waals surface area contributed by atoms with Crippen LogP contribution in [0.3, 0.4) is 0 Å². The lowest BCUT2D eigenvalue weighted by molar-refractivity contribution is 0.278. The summed E-state index contributed by atoms with van der Waals surface area (Å²) in [5, 5.41) is 0.161. The molecule has 2 rings (SSSR count). The highest BCUT2D eigenvalue weighted by atomic mass is 35.5. The van der Waals surface area contributed by atoms with Gasteiger partial charge in [-0.3, -0.25) is 0 Å². The third-order valence-electron chi connectivity index (χ3n) is 4.25. The minimum absolute atomic E-state index is 0.0102. The zero-order valence-electron chi connectivity index (χ0n) is 12.3. The minimum Gasteiger partial charge on any atom is -0.398 e. The third-order valence-corrected chi connectivity index (χ3v) is 6.25. The molecule has 1 aliphatic rings. The maximum Gasteiger partial charge on any atom is 0.244 e. The molecule has 0 amide bonds. The first-order chi connectivity index (χ1) is 9.90. The molecule has 1 saturated carbocycles. The standard InChI is InChI=1S/C15H23ClN2O2S/c1-11-5-7-12(8-6-11)9-10-18-21(19,20)15-13(16)3-2-4-14(15)17/h2-4,11-12,18H,5-10,17H2,1H3. The number of hydrogen-bond acceptors (Lipinski definition) is 3. The summed E-state index contributed by atoms with van der Waals surface area (Å²) in [7, 11) is -3.64. The zero-order chi connectivity index (χ0) is 15.5. The Morgan fingerprint density at radius 3 is 2.57 bits per heavy atom. The fourth-order valence-corrected chi connectivity index (χ4v) is 4.62. The number of anilines is 1. The van der Waals surface area contributed by atoms with E-state index in [0.717, 1.165) is 12.3 Å². The molecule has 1 aromatic carbocycles. The molecule has 0 saturated heterocycles. The van der Waals surface area contributed by atoms with Gasteiger partial charge in [-0.2, -0.15) is 0 Å². The Morgan fingerprint density at radius 2 is 1.95 bits per heavy atom. The molecular weight excluding hydrogens is 308 g/mol. The van der Waals surface area contributed by atoms with Crippen LogP contribution in [0.5, 0.6) is 0 Å². The summed E-state index contributed by atoms with van der Waals surface area (Å²) in [6.07, 6.45) is 5.74. The van der Waals surface area contributed by atoms with Crippen molar-refractivity contribution >= 4 is 27.3 Å². The molecule has 0 radical (unpaired) electrons. The first kappa shape index (κ1) is 16.6. The summed E-state index contributed by atoms with van der Waals surface area (Å²) < 4.78 is 27.2. The number of hydrogen-bond donors (Lipinski definition) is 2. The predicted octanol–water partition coefficient (Wildman–Crippen LogP) is 3.42. The smallest absolute Gasteiger partial charge is 0.244 e. The lowest BCUT2D eigenvalue weighted by Gasteiger charge is -2.26. The van der Waals surface area contributed by atoms with Gasteiger partial charge in [-0.05, 0) is 30.4 Å². The molecule has 0 heterocycles. The second kappa shape index (κ2) is 6.99. The van der Waals surface area contributed by atoms with Crippen LogP contribution in [0.2, 0.25) is 5.02 Å². The summed E-state index contributed by atoms with van der Waals surface area (Å²) >= 11 is 5.96. The molecule has 1 aromatic rings. The van der Waals surface area contributed by atoms with Gasteiger partial charge in [0.2, 0.25) is 10.0 Å². The van der Waals surface area contributed by atoms with Crippen LogP contribution in [-0.4, -0.2) is 15.0 Å². The molecule has 0 bridgehead atoms. The molecule has 0 aliphatic heterocycles. The van der Waals surface area contributed by atoms with Crippen molar-refractivity contribution in [2.75, 3.05) is 12.3 Å². The Hall–Kier alpha value is -0.780. The van der Waals surface area contributed by atoms with Crippen molar-refractivity contribution in [1.29, 1.82) is 0 Å². The van der Waals surface area contributed by atoms with E-state index in [1.165, 1.54) is 31.7 Å². The lowest BCUT2D eigenvalue weighted by atomic mass is 9.81. The maximum absolute atomic E-state index is 12.3. The van der Waals surface area contributed by atoms with Gasteiger partial charge in [-0.15, -0.1) is 0 Å². The quantitative estimate of drug-likeness (QED) is 0.812. The van der Waals surface area contributed by atoms with E-state index >= 15 is 0 Å². The van der Waals surface area contributed by atoms with Crippen molar-refractivity contribution in [3.05, 3.63) is 23.2 Å². The number of rotatable bonds is 5. The molecule has 3 N–H and O–H groups in total. The van der Waals surface area contributed by atoms with E-state index in [1.54, 1.807) is 12.1 Å². The molecule has 0 spiro atoms. The first-order valence-electron chi connectivity index (χ1n) is 7.44. The van der Waals surface area contributed by atoms with E-state index in [4.69, 9.17) is 17.3 Å². The number of halogens is 1. The van der Waals surface area contributed by atoms with E-state index < -0.39 is 10.0 Å². The van der Waals surface area contributed by atoms with E-state index in [0.29, 0.717) is 12.5 Å². The third kappa shape index (κ3) is 4.34. The van der Waals surface area contributed by atoms with E-state index in [-0.39, 0.29) is 15.6 Å². The molecule has 21 heavy (non-hydrogen) atoms. The first-order valence-corrected chi connectivity index (χ1v) is 9.30. The zero-order valence-corrected chi connectivity index (χ0v) is 13.9. The van der Waals surface area contributed by atoms with Crippen LogP contribution < -0.4 is 10.5 Å². The van der Waals surface area contributed by atoms with Crippen molar-refractivity contribution < 1.29 is 8.42 Å². The lowest BCUT2D eigenvalue weighted by Crippen LogP contribution is -2.28. The van der Waals surface area contributed by atoms with Crippen LogP contribution >= 0.6 is 11.6 Å². The summed E-state index contributed by atoms with van der Waals surface area (Å²) in [6.45, 7) is 2.71. The Labute approximate surface area is 132 Å². The van der Waals surface area contributed by atoms with Gasteiger partial charge >= 0.3 is 0 Å². The van der Waals surface area contributed by atoms with Crippen molar-refractivity contribution in [3.8, 4) is 0 Å². The summed E-state index contributed by atoms with van der Waals surface area (Å²) in [6, 6.07) is 4.72. The van der Waals surface area contributed by atoms with Gasteiger partial charge in [-0.1, -0.05) is 50.3 Å². The number of nitrogens with two attached hydrogens (primary N) is 1. The monoisotopic (exact) mass is 330 g/mol. The van der Waals surface area contributed by atoms with Gasteiger partial charge in [0, 0.05) is 6.54 Å². The van der Waals surface area contributed by atoms with Crippen molar-refractivity contribution in [2.24, 2.45) is 11.8 Å². The van der Waals surface area contributed by atoms with Crippen molar-refractivity contribution in [1.82, 2.24) is 4.72 Å². The molecular formula is C15H23ClN2O2S. The van der Waals surface area contributed by atoms with Crippen LogP contribution in [-0.2, 0) is 10.0 Å². The summed E-state index contributed by atoms with van der Waals surface area (Å²) in [5.74, 6) is 1.42. The highest BCUT2D eigenvalue weighted by molar-refractivity contribution is 7.89. The van der Waals surface area contributed by atoms with Crippen molar-refractivity contribution in [3.63, 3.8) is 0 Å². The second-order valence-electron chi connectivity index (χ2n) is 5.97. The Balaban J connectivity index is 1.93. The molecule has 6 heteroatoms.